The third-order valence-electron chi connectivity index (χ3n) is 6.63. The van der Waals surface area contributed by atoms with Gasteiger partial charge in [0.2, 0.25) is 0 Å². The number of nitrogens with zero attached hydrogens (tertiary/aromatic N) is 2. The molecule has 4 heteroatoms. The fraction of sp³-hybridized carbons (Fsp3) is 0.538. The summed E-state index contributed by atoms with van der Waals surface area (Å²) in [6, 6.07) is 8.60. The Kier molecular flexibility index (Phi) is 6.24. The van der Waals surface area contributed by atoms with Crippen molar-refractivity contribution < 1.29 is 0 Å². The van der Waals surface area contributed by atoms with Gasteiger partial charge in [-0.2, -0.15) is 0 Å². The molecule has 1 saturated carbocycles. The van der Waals surface area contributed by atoms with Crippen molar-refractivity contribution in [3.05, 3.63) is 57.9 Å². The molecule has 2 aliphatic rings. The smallest absolute Gasteiger partial charge is 0.258 e. The molecular weight excluding hydrogens is 388 g/mol. The maximum Gasteiger partial charge on any atom is 0.258 e. The Morgan fingerprint density at radius 1 is 1.23 bits per heavy atom. The van der Waals surface area contributed by atoms with Crippen molar-refractivity contribution in [3.63, 3.8) is 0 Å². The summed E-state index contributed by atoms with van der Waals surface area (Å²) in [7, 11) is 0. The summed E-state index contributed by atoms with van der Waals surface area (Å²) in [6.45, 7) is 11.1. The van der Waals surface area contributed by atoms with Crippen molar-refractivity contribution in [1.29, 1.82) is 0 Å². The van der Waals surface area contributed by atoms with E-state index in [0.717, 1.165) is 59.0 Å². The van der Waals surface area contributed by atoms with Gasteiger partial charge in [0, 0.05) is 23.3 Å². The zero-order chi connectivity index (χ0) is 21.3. The molecule has 0 aliphatic heterocycles. The molecule has 2 aliphatic carbocycles. The molecule has 0 bridgehead atoms. The molecule has 0 saturated heterocycles. The number of rotatable bonds is 6. The summed E-state index contributed by atoms with van der Waals surface area (Å²) in [5.41, 5.74) is 5.57. The summed E-state index contributed by atoms with van der Waals surface area (Å²) >= 11 is 1.72. The predicted octanol–water partition coefficient (Wildman–Crippen LogP) is 6.38. The fourth-order valence-corrected chi connectivity index (χ4v) is 6.36. The van der Waals surface area contributed by atoms with Crippen LogP contribution in [0.4, 0.5) is 0 Å². The van der Waals surface area contributed by atoms with Gasteiger partial charge in [0.15, 0.2) is 5.16 Å². The lowest BCUT2D eigenvalue weighted by molar-refractivity contribution is 0.282. The maximum atomic E-state index is 14.0. The lowest BCUT2D eigenvalue weighted by Crippen LogP contribution is -2.43. The minimum absolute atomic E-state index is 0.0516. The van der Waals surface area contributed by atoms with E-state index in [2.05, 4.69) is 44.7 Å². The predicted molar refractivity (Wildman–Crippen MR) is 127 cm³/mol. The Morgan fingerprint density at radius 2 is 1.97 bits per heavy atom. The van der Waals surface area contributed by atoms with Crippen molar-refractivity contribution in [2.45, 2.75) is 82.8 Å². The minimum atomic E-state index is -0.0516. The molecule has 4 rings (SSSR count). The summed E-state index contributed by atoms with van der Waals surface area (Å²) in [4.78, 5) is 19.2. The Hall–Kier alpha value is -1.81. The van der Waals surface area contributed by atoms with Crippen LogP contribution in [0, 0.1) is 5.92 Å². The van der Waals surface area contributed by atoms with Crippen LogP contribution in [0.25, 0.3) is 11.3 Å². The number of hydrogen-bond donors (Lipinski definition) is 0. The number of thioether (sulfide) groups is 1. The first-order valence-corrected chi connectivity index (χ1v) is 12.4. The Labute approximate surface area is 185 Å². The molecule has 160 valence electrons. The van der Waals surface area contributed by atoms with Crippen LogP contribution in [0.3, 0.4) is 0 Å². The first-order chi connectivity index (χ1) is 14.4. The van der Waals surface area contributed by atoms with Crippen molar-refractivity contribution >= 4 is 11.8 Å². The van der Waals surface area contributed by atoms with Crippen molar-refractivity contribution in [2.24, 2.45) is 5.92 Å². The Bertz CT molecular complexity index is 999. The van der Waals surface area contributed by atoms with Gasteiger partial charge in [-0.15, -0.1) is 0 Å². The second-order valence-corrected chi connectivity index (χ2v) is 10.7. The average Bonchev–Trinajstić information content (AvgIpc) is 2.70. The fourth-order valence-electron chi connectivity index (χ4n) is 5.13. The van der Waals surface area contributed by atoms with Crippen LogP contribution in [-0.2, 0) is 18.4 Å². The van der Waals surface area contributed by atoms with Crippen LogP contribution in [0.15, 0.2) is 46.4 Å². The lowest BCUT2D eigenvalue weighted by Gasteiger charge is -2.42. The number of benzene rings is 1. The summed E-state index contributed by atoms with van der Waals surface area (Å²) in [5, 5.41) is 0.852. The highest BCUT2D eigenvalue weighted by Gasteiger charge is 2.43. The van der Waals surface area contributed by atoms with E-state index in [1.807, 2.05) is 11.5 Å². The molecular formula is C26H34N2OS. The zero-order valence-corrected chi connectivity index (χ0v) is 19.5. The van der Waals surface area contributed by atoms with Crippen LogP contribution in [0.5, 0.6) is 0 Å². The van der Waals surface area contributed by atoms with E-state index in [1.54, 1.807) is 11.8 Å². The van der Waals surface area contributed by atoms with Crippen LogP contribution >= 0.6 is 11.8 Å². The normalized spacial score (nSPS) is 17.1. The minimum Gasteiger partial charge on any atom is -0.283 e. The van der Waals surface area contributed by atoms with Crippen LogP contribution in [0.2, 0.25) is 0 Å². The van der Waals surface area contributed by atoms with Gasteiger partial charge < -0.3 is 0 Å². The molecule has 30 heavy (non-hydrogen) atoms. The van der Waals surface area contributed by atoms with E-state index in [9.17, 15) is 4.79 Å². The van der Waals surface area contributed by atoms with Gasteiger partial charge in [0.25, 0.3) is 5.56 Å². The van der Waals surface area contributed by atoms with Crippen molar-refractivity contribution in [2.75, 3.05) is 5.75 Å². The number of aromatic nitrogens is 2. The Balaban J connectivity index is 1.91. The topological polar surface area (TPSA) is 34.9 Å². The van der Waals surface area contributed by atoms with E-state index in [0.29, 0.717) is 12.5 Å². The highest BCUT2D eigenvalue weighted by atomic mass is 32.2. The Morgan fingerprint density at radius 3 is 2.67 bits per heavy atom. The molecule has 3 nitrogen and oxygen atoms in total. The monoisotopic (exact) mass is 422 g/mol. The molecule has 0 amide bonds. The lowest BCUT2D eigenvalue weighted by atomic mass is 9.62. The molecule has 2 aromatic rings. The molecule has 0 radical (unpaired) electrons. The van der Waals surface area contributed by atoms with E-state index in [4.69, 9.17) is 4.98 Å². The van der Waals surface area contributed by atoms with Gasteiger partial charge in [-0.1, -0.05) is 81.3 Å². The van der Waals surface area contributed by atoms with Gasteiger partial charge in [0.1, 0.15) is 0 Å². The van der Waals surface area contributed by atoms with Crippen molar-refractivity contribution in [1.82, 2.24) is 9.55 Å². The number of hydrogen-bond acceptors (Lipinski definition) is 3. The molecule has 0 atom stereocenters. The average molecular weight is 423 g/mol. The molecule has 0 unspecified atom stereocenters. The summed E-state index contributed by atoms with van der Waals surface area (Å²) in [6.07, 6.45) is 7.95. The van der Waals surface area contributed by atoms with E-state index >= 15 is 0 Å². The SMILES string of the molecule is C=C(C)Cn1c(SCCC(C)C)nc2c(c1=O)C1(CCCCC1)Cc1ccccc1-2. The second-order valence-electron chi connectivity index (χ2n) is 9.67. The van der Waals surface area contributed by atoms with Gasteiger partial charge in [-0.05, 0) is 44.1 Å². The molecule has 1 spiro atoms. The second kappa shape index (κ2) is 8.74. The van der Waals surface area contributed by atoms with Crippen molar-refractivity contribution in [3.8, 4) is 11.3 Å². The zero-order valence-electron chi connectivity index (χ0n) is 18.7. The molecule has 0 N–H and O–H groups in total. The van der Waals surface area contributed by atoms with E-state index < -0.39 is 0 Å². The molecule has 1 fully saturated rings. The highest BCUT2D eigenvalue weighted by Crippen LogP contribution is 2.48. The van der Waals surface area contributed by atoms with E-state index in [-0.39, 0.29) is 11.0 Å². The largest absolute Gasteiger partial charge is 0.283 e. The number of fused-ring (bicyclic) bond motifs is 4. The van der Waals surface area contributed by atoms with Gasteiger partial charge in [-0.3, -0.25) is 9.36 Å². The van der Waals surface area contributed by atoms with Gasteiger partial charge in [0.05, 0.1) is 11.3 Å². The maximum absolute atomic E-state index is 14.0. The molecule has 1 aromatic carbocycles. The van der Waals surface area contributed by atoms with Gasteiger partial charge >= 0.3 is 0 Å². The van der Waals surface area contributed by atoms with E-state index in [1.165, 1.54) is 24.8 Å². The third-order valence-corrected chi connectivity index (χ3v) is 7.64. The quantitative estimate of drug-likeness (QED) is 0.308. The first kappa shape index (κ1) is 21.4. The first-order valence-electron chi connectivity index (χ1n) is 11.4. The molecule has 1 heterocycles. The van der Waals surface area contributed by atoms with Crippen LogP contribution in [-0.4, -0.2) is 15.3 Å². The van der Waals surface area contributed by atoms with Crippen LogP contribution in [0.1, 0.15) is 70.4 Å². The van der Waals surface area contributed by atoms with Crippen LogP contribution < -0.4 is 5.56 Å². The highest BCUT2D eigenvalue weighted by molar-refractivity contribution is 7.99. The summed E-state index contributed by atoms with van der Waals surface area (Å²) < 4.78 is 1.91. The number of allylic oxidation sites excluding steroid dienone is 1. The van der Waals surface area contributed by atoms with Gasteiger partial charge in [-0.25, -0.2) is 4.98 Å². The third kappa shape index (κ3) is 4.03. The standard InChI is InChI=1S/C26H34N2OS/c1-18(2)12-15-30-25-27-23-21-11-7-6-10-20(21)16-26(13-8-5-9-14-26)22(23)24(29)28(25)17-19(3)4/h6-7,10-11,18H,3,5,8-9,12-17H2,1-2,4H3. The molecule has 1 aromatic heterocycles. The summed E-state index contributed by atoms with van der Waals surface area (Å²) in [5.74, 6) is 1.62.